The van der Waals surface area contributed by atoms with Gasteiger partial charge in [-0.3, -0.25) is 14.6 Å². The largest absolute Gasteiger partial charge is 0.340 e. The number of hydrogen-bond donors (Lipinski definition) is 0. The minimum absolute atomic E-state index is 0.00899. The predicted molar refractivity (Wildman–Crippen MR) is 90.2 cm³/mol. The van der Waals surface area contributed by atoms with Gasteiger partial charge < -0.3 is 9.80 Å². The third-order valence-corrected chi connectivity index (χ3v) is 6.03. The quantitative estimate of drug-likeness (QED) is 0.827. The van der Waals surface area contributed by atoms with Crippen molar-refractivity contribution in [1.82, 2.24) is 14.8 Å². The standard InChI is InChI=1S/C19H24FN3O2/c1-12-2-5-18(24)23-14(8-12)3-4-17(23)19(25)22-10-13(11-22)15-9-21-7-6-16(15)20/h6-7,9,12-14,17H,2-5,8,10-11H2,1H3/t12-,14-,17+/m1/s1. The van der Waals surface area contributed by atoms with Crippen LogP contribution in [0, 0.1) is 11.7 Å². The molecule has 3 fully saturated rings. The summed E-state index contributed by atoms with van der Waals surface area (Å²) in [6.45, 7) is 3.22. The van der Waals surface area contributed by atoms with Crippen LogP contribution in [0.2, 0.25) is 0 Å². The Morgan fingerprint density at radius 1 is 1.28 bits per heavy atom. The first kappa shape index (κ1) is 16.5. The summed E-state index contributed by atoms with van der Waals surface area (Å²) in [6.07, 6.45) is 7.12. The molecule has 4 heterocycles. The molecule has 4 rings (SSSR count). The zero-order valence-electron chi connectivity index (χ0n) is 14.5. The van der Waals surface area contributed by atoms with Crippen LogP contribution in [0.4, 0.5) is 4.39 Å². The summed E-state index contributed by atoms with van der Waals surface area (Å²) in [5.41, 5.74) is 0.579. The Balaban J connectivity index is 1.42. The zero-order valence-corrected chi connectivity index (χ0v) is 14.5. The maximum atomic E-state index is 13.8. The number of hydrogen-bond acceptors (Lipinski definition) is 3. The summed E-state index contributed by atoms with van der Waals surface area (Å²) in [4.78, 5) is 33.0. The molecule has 0 radical (unpaired) electrons. The molecule has 3 saturated heterocycles. The van der Waals surface area contributed by atoms with E-state index in [1.165, 1.54) is 12.3 Å². The molecule has 0 bridgehead atoms. The lowest BCUT2D eigenvalue weighted by atomic mass is 9.91. The fourth-order valence-electron chi connectivity index (χ4n) is 4.57. The normalized spacial score (nSPS) is 30.0. The molecule has 134 valence electrons. The van der Waals surface area contributed by atoms with E-state index in [-0.39, 0.29) is 35.6 Å². The van der Waals surface area contributed by atoms with Gasteiger partial charge in [0.25, 0.3) is 0 Å². The molecule has 0 N–H and O–H groups in total. The van der Waals surface area contributed by atoms with Gasteiger partial charge in [-0.05, 0) is 37.7 Å². The molecule has 5 nitrogen and oxygen atoms in total. The average Bonchev–Trinajstić information content (AvgIpc) is 2.90. The molecule has 2 amide bonds. The van der Waals surface area contributed by atoms with Crippen molar-refractivity contribution < 1.29 is 14.0 Å². The van der Waals surface area contributed by atoms with E-state index < -0.39 is 0 Å². The first-order valence-corrected chi connectivity index (χ1v) is 9.24. The van der Waals surface area contributed by atoms with E-state index in [4.69, 9.17) is 0 Å². The second-order valence-electron chi connectivity index (χ2n) is 7.76. The number of likely N-dealkylation sites (tertiary alicyclic amines) is 1. The van der Waals surface area contributed by atoms with Crippen LogP contribution in [-0.2, 0) is 9.59 Å². The highest BCUT2D eigenvalue weighted by atomic mass is 19.1. The Morgan fingerprint density at radius 2 is 2.08 bits per heavy atom. The Bertz CT molecular complexity index is 689. The van der Waals surface area contributed by atoms with E-state index in [1.54, 1.807) is 11.1 Å². The molecule has 0 saturated carbocycles. The van der Waals surface area contributed by atoms with Gasteiger partial charge in [0.2, 0.25) is 11.8 Å². The van der Waals surface area contributed by atoms with Crippen molar-refractivity contribution in [3.8, 4) is 0 Å². The minimum atomic E-state index is -0.317. The Morgan fingerprint density at radius 3 is 2.84 bits per heavy atom. The van der Waals surface area contributed by atoms with Crippen LogP contribution in [-0.4, -0.2) is 51.8 Å². The second kappa shape index (κ2) is 6.39. The molecule has 3 aliphatic rings. The van der Waals surface area contributed by atoms with Crippen molar-refractivity contribution in [2.24, 2.45) is 5.92 Å². The lowest BCUT2D eigenvalue weighted by molar-refractivity contribution is -0.148. The maximum absolute atomic E-state index is 13.8. The van der Waals surface area contributed by atoms with Gasteiger partial charge in [-0.1, -0.05) is 6.92 Å². The first-order chi connectivity index (χ1) is 12.0. The van der Waals surface area contributed by atoms with Crippen LogP contribution in [0.25, 0.3) is 0 Å². The third kappa shape index (κ3) is 2.92. The highest BCUT2D eigenvalue weighted by molar-refractivity contribution is 5.89. The van der Waals surface area contributed by atoms with Gasteiger partial charge in [-0.25, -0.2) is 4.39 Å². The van der Waals surface area contributed by atoms with E-state index in [2.05, 4.69) is 11.9 Å². The SMILES string of the molecule is C[C@@H]1CCC(=O)N2[C@H](CC[C@H]2C(=O)N2CC(c3cnccc3F)C2)C1. The third-order valence-electron chi connectivity index (χ3n) is 6.03. The molecule has 0 spiro atoms. The number of nitrogens with zero attached hydrogens (tertiary/aromatic N) is 3. The number of fused-ring (bicyclic) bond motifs is 1. The first-order valence-electron chi connectivity index (χ1n) is 9.24. The van der Waals surface area contributed by atoms with Crippen LogP contribution >= 0.6 is 0 Å². The van der Waals surface area contributed by atoms with E-state index in [0.29, 0.717) is 31.0 Å². The highest BCUT2D eigenvalue weighted by Gasteiger charge is 2.46. The van der Waals surface area contributed by atoms with Crippen molar-refractivity contribution >= 4 is 11.8 Å². The van der Waals surface area contributed by atoms with Crippen LogP contribution < -0.4 is 0 Å². The van der Waals surface area contributed by atoms with Gasteiger partial charge in [0.1, 0.15) is 11.9 Å². The van der Waals surface area contributed by atoms with Crippen molar-refractivity contribution in [2.75, 3.05) is 13.1 Å². The van der Waals surface area contributed by atoms with Crippen LogP contribution in [0.15, 0.2) is 18.5 Å². The molecule has 0 unspecified atom stereocenters. The Kier molecular flexibility index (Phi) is 4.21. The van der Waals surface area contributed by atoms with Crippen molar-refractivity contribution in [3.05, 3.63) is 29.8 Å². The minimum Gasteiger partial charge on any atom is -0.340 e. The summed E-state index contributed by atoms with van der Waals surface area (Å²) < 4.78 is 13.8. The fourth-order valence-corrected chi connectivity index (χ4v) is 4.57. The van der Waals surface area contributed by atoms with Gasteiger partial charge >= 0.3 is 0 Å². The average molecular weight is 345 g/mol. The molecular weight excluding hydrogens is 321 g/mol. The van der Waals surface area contributed by atoms with Crippen molar-refractivity contribution in [3.63, 3.8) is 0 Å². The highest BCUT2D eigenvalue weighted by Crippen LogP contribution is 2.36. The number of amides is 2. The van der Waals surface area contributed by atoms with Crippen LogP contribution in [0.1, 0.15) is 50.5 Å². The molecule has 1 aromatic rings. The lowest BCUT2D eigenvalue weighted by Gasteiger charge is -2.42. The molecule has 6 heteroatoms. The van der Waals surface area contributed by atoms with Crippen LogP contribution in [0.5, 0.6) is 0 Å². The molecule has 1 aromatic heterocycles. The molecule has 0 aliphatic carbocycles. The summed E-state index contributed by atoms with van der Waals surface area (Å²) in [5, 5.41) is 0. The summed E-state index contributed by atoms with van der Waals surface area (Å²) in [5.74, 6) is 0.445. The fraction of sp³-hybridized carbons (Fsp3) is 0.632. The number of carbonyl (C=O) groups is 2. The monoisotopic (exact) mass is 345 g/mol. The Hall–Kier alpha value is -1.98. The van der Waals surface area contributed by atoms with Crippen molar-refractivity contribution in [1.29, 1.82) is 0 Å². The summed E-state index contributed by atoms with van der Waals surface area (Å²) in [6, 6.07) is 1.26. The number of pyridine rings is 1. The van der Waals surface area contributed by atoms with E-state index >= 15 is 0 Å². The maximum Gasteiger partial charge on any atom is 0.245 e. The number of aromatic nitrogens is 1. The smallest absolute Gasteiger partial charge is 0.245 e. The topological polar surface area (TPSA) is 53.5 Å². The Labute approximate surface area is 147 Å². The lowest BCUT2D eigenvalue weighted by Crippen LogP contribution is -2.56. The van der Waals surface area contributed by atoms with E-state index in [9.17, 15) is 14.0 Å². The number of carbonyl (C=O) groups excluding carboxylic acids is 2. The molecular formula is C19H24FN3O2. The molecule has 0 aromatic carbocycles. The molecule has 3 aliphatic heterocycles. The number of rotatable bonds is 2. The summed E-state index contributed by atoms with van der Waals surface area (Å²) in [7, 11) is 0. The predicted octanol–water partition coefficient (Wildman–Crippen LogP) is 2.33. The van der Waals surface area contributed by atoms with Gasteiger partial charge in [-0.2, -0.15) is 0 Å². The van der Waals surface area contributed by atoms with Gasteiger partial charge in [0, 0.05) is 49.4 Å². The summed E-state index contributed by atoms with van der Waals surface area (Å²) >= 11 is 0. The molecule has 25 heavy (non-hydrogen) atoms. The van der Waals surface area contributed by atoms with E-state index in [0.717, 1.165) is 25.7 Å². The number of halogens is 1. The van der Waals surface area contributed by atoms with Gasteiger partial charge in [0.15, 0.2) is 0 Å². The van der Waals surface area contributed by atoms with Crippen molar-refractivity contribution in [2.45, 2.75) is 57.0 Å². The van der Waals surface area contributed by atoms with E-state index in [1.807, 2.05) is 4.90 Å². The van der Waals surface area contributed by atoms with Crippen LogP contribution in [0.3, 0.4) is 0 Å². The molecule has 3 atom stereocenters. The van der Waals surface area contributed by atoms with Gasteiger partial charge in [-0.15, -0.1) is 0 Å². The van der Waals surface area contributed by atoms with Gasteiger partial charge in [0.05, 0.1) is 0 Å². The second-order valence-corrected chi connectivity index (χ2v) is 7.76. The zero-order chi connectivity index (χ0) is 17.6.